The number of hydrogen-bond acceptors (Lipinski definition) is 3. The lowest BCUT2D eigenvalue weighted by atomic mass is 10.1. The van der Waals surface area contributed by atoms with Crippen LogP contribution >= 0.6 is 11.6 Å². The highest BCUT2D eigenvalue weighted by Crippen LogP contribution is 2.38. The number of halogens is 4. The third-order valence-corrected chi connectivity index (χ3v) is 3.25. The number of benzene rings is 1. The van der Waals surface area contributed by atoms with Crippen LogP contribution in [0.15, 0.2) is 18.2 Å². The van der Waals surface area contributed by atoms with Gasteiger partial charge in [0.2, 0.25) is 0 Å². The van der Waals surface area contributed by atoms with E-state index in [9.17, 15) is 13.2 Å². The van der Waals surface area contributed by atoms with Crippen molar-refractivity contribution in [2.75, 3.05) is 11.1 Å². The fraction of sp³-hybridized carbons (Fsp3) is 0.308. The number of nitrogens with zero attached hydrogens (tertiary/aromatic N) is 2. The molecule has 0 fully saturated rings. The highest BCUT2D eigenvalue weighted by Gasteiger charge is 2.34. The highest BCUT2D eigenvalue weighted by atomic mass is 35.5. The van der Waals surface area contributed by atoms with Crippen molar-refractivity contribution in [2.45, 2.75) is 26.6 Å². The largest absolute Gasteiger partial charge is 0.418 e. The van der Waals surface area contributed by atoms with Crippen molar-refractivity contribution in [3.63, 3.8) is 0 Å². The highest BCUT2D eigenvalue weighted by molar-refractivity contribution is 6.30. The molecule has 21 heavy (non-hydrogen) atoms. The molecular formula is C13H14ClF3N4. The summed E-state index contributed by atoms with van der Waals surface area (Å²) in [6.45, 7) is 4.00. The molecule has 1 aromatic carbocycles. The smallest absolute Gasteiger partial charge is 0.394 e. The molecular weight excluding hydrogens is 305 g/mol. The first-order valence-electron chi connectivity index (χ1n) is 6.20. The molecule has 0 saturated heterocycles. The summed E-state index contributed by atoms with van der Waals surface area (Å²) < 4.78 is 40.7. The number of hydrogen-bond donors (Lipinski definition) is 2. The lowest BCUT2D eigenvalue weighted by Gasteiger charge is -2.16. The van der Waals surface area contributed by atoms with E-state index in [4.69, 9.17) is 17.3 Å². The molecule has 0 unspecified atom stereocenters. The van der Waals surface area contributed by atoms with Crippen molar-refractivity contribution in [1.82, 2.24) is 9.78 Å². The summed E-state index contributed by atoms with van der Waals surface area (Å²) in [5, 5.41) is 6.88. The first kappa shape index (κ1) is 15.5. The molecule has 0 amide bonds. The van der Waals surface area contributed by atoms with Crippen LogP contribution in [-0.2, 0) is 12.7 Å². The molecule has 1 aromatic heterocycles. The van der Waals surface area contributed by atoms with Crippen LogP contribution in [0.4, 0.5) is 30.4 Å². The first-order valence-corrected chi connectivity index (χ1v) is 6.58. The molecule has 3 N–H and O–H groups in total. The molecule has 8 heteroatoms. The minimum Gasteiger partial charge on any atom is -0.394 e. The molecule has 0 atom stereocenters. The number of aromatic nitrogens is 2. The van der Waals surface area contributed by atoms with Gasteiger partial charge in [-0.05, 0) is 32.0 Å². The molecule has 0 spiro atoms. The lowest BCUT2D eigenvalue weighted by molar-refractivity contribution is -0.136. The number of aryl methyl sites for hydroxylation is 2. The SMILES string of the molecule is CCn1nc(C)c(N)c1Nc1ccc(Cl)cc1C(F)(F)F. The first-order chi connectivity index (χ1) is 9.74. The summed E-state index contributed by atoms with van der Waals surface area (Å²) in [6.07, 6.45) is -4.52. The number of alkyl halides is 3. The third kappa shape index (κ3) is 3.07. The number of nitrogens with two attached hydrogens (primary N) is 1. The van der Waals surface area contributed by atoms with E-state index in [1.807, 2.05) is 6.92 Å². The predicted molar refractivity (Wildman–Crippen MR) is 76.8 cm³/mol. The molecule has 0 aliphatic rings. The zero-order valence-electron chi connectivity index (χ0n) is 11.4. The van der Waals surface area contributed by atoms with Gasteiger partial charge in [0.1, 0.15) is 0 Å². The van der Waals surface area contributed by atoms with E-state index in [-0.39, 0.29) is 10.7 Å². The molecule has 0 bridgehead atoms. The Morgan fingerprint density at radius 3 is 2.62 bits per heavy atom. The van der Waals surface area contributed by atoms with Gasteiger partial charge >= 0.3 is 6.18 Å². The van der Waals surface area contributed by atoms with Crippen LogP contribution in [0.2, 0.25) is 5.02 Å². The van der Waals surface area contributed by atoms with Crippen LogP contribution in [0.25, 0.3) is 0 Å². The van der Waals surface area contributed by atoms with E-state index in [0.29, 0.717) is 23.7 Å². The van der Waals surface area contributed by atoms with Gasteiger partial charge in [-0.15, -0.1) is 0 Å². The van der Waals surface area contributed by atoms with E-state index in [1.54, 1.807) is 6.92 Å². The van der Waals surface area contributed by atoms with Crippen LogP contribution in [-0.4, -0.2) is 9.78 Å². The van der Waals surface area contributed by atoms with Gasteiger partial charge in [-0.3, -0.25) is 0 Å². The molecule has 0 aliphatic heterocycles. The Hall–Kier alpha value is -1.89. The monoisotopic (exact) mass is 318 g/mol. The van der Waals surface area contributed by atoms with Gasteiger partial charge in [-0.25, -0.2) is 4.68 Å². The maximum atomic E-state index is 13.1. The van der Waals surface area contributed by atoms with Gasteiger partial charge in [0, 0.05) is 11.6 Å². The second-order valence-electron chi connectivity index (χ2n) is 4.48. The average Bonchev–Trinajstić information content (AvgIpc) is 2.67. The topological polar surface area (TPSA) is 55.9 Å². The van der Waals surface area contributed by atoms with Gasteiger partial charge in [0.15, 0.2) is 5.82 Å². The van der Waals surface area contributed by atoms with E-state index >= 15 is 0 Å². The van der Waals surface area contributed by atoms with Crippen molar-refractivity contribution in [3.05, 3.63) is 34.5 Å². The number of rotatable bonds is 3. The van der Waals surface area contributed by atoms with Gasteiger partial charge in [0.25, 0.3) is 0 Å². The predicted octanol–water partition coefficient (Wildman–Crippen LogP) is 4.21. The van der Waals surface area contributed by atoms with Gasteiger partial charge in [0.05, 0.1) is 22.6 Å². The Morgan fingerprint density at radius 1 is 1.38 bits per heavy atom. The normalized spacial score (nSPS) is 11.7. The average molecular weight is 319 g/mol. The molecule has 2 aromatic rings. The zero-order chi connectivity index (χ0) is 15.8. The Bertz CT molecular complexity index is 664. The van der Waals surface area contributed by atoms with E-state index in [1.165, 1.54) is 16.8 Å². The van der Waals surface area contributed by atoms with Crippen molar-refractivity contribution >= 4 is 28.8 Å². The maximum Gasteiger partial charge on any atom is 0.418 e. The molecule has 1 heterocycles. The van der Waals surface area contributed by atoms with Gasteiger partial charge in [-0.1, -0.05) is 11.6 Å². The van der Waals surface area contributed by atoms with Crippen LogP contribution in [0.5, 0.6) is 0 Å². The summed E-state index contributed by atoms with van der Waals surface area (Å²) in [7, 11) is 0. The maximum absolute atomic E-state index is 13.1. The Balaban J connectivity index is 2.50. The zero-order valence-corrected chi connectivity index (χ0v) is 12.2. The molecule has 114 valence electrons. The third-order valence-electron chi connectivity index (χ3n) is 3.01. The number of anilines is 3. The van der Waals surface area contributed by atoms with Crippen LogP contribution < -0.4 is 11.1 Å². The molecule has 4 nitrogen and oxygen atoms in total. The van der Waals surface area contributed by atoms with Crippen LogP contribution in [0, 0.1) is 6.92 Å². The van der Waals surface area contributed by atoms with Crippen molar-refractivity contribution in [3.8, 4) is 0 Å². The molecule has 0 aliphatic carbocycles. The van der Waals surface area contributed by atoms with Crippen molar-refractivity contribution < 1.29 is 13.2 Å². The van der Waals surface area contributed by atoms with Crippen LogP contribution in [0.3, 0.4) is 0 Å². The second-order valence-corrected chi connectivity index (χ2v) is 4.91. The summed E-state index contributed by atoms with van der Waals surface area (Å²) >= 11 is 5.65. The standard InChI is InChI=1S/C13H14ClF3N4/c1-3-21-12(11(18)7(2)20-21)19-10-5-4-8(14)6-9(10)13(15,16)17/h4-6,19H,3,18H2,1-2H3. The van der Waals surface area contributed by atoms with E-state index < -0.39 is 11.7 Å². The number of nitrogens with one attached hydrogen (secondary N) is 1. The van der Waals surface area contributed by atoms with Crippen molar-refractivity contribution in [1.29, 1.82) is 0 Å². The summed E-state index contributed by atoms with van der Waals surface area (Å²) in [4.78, 5) is 0. The molecule has 0 radical (unpaired) electrons. The molecule has 0 saturated carbocycles. The Labute approximate surface area is 124 Å². The van der Waals surface area contributed by atoms with Crippen molar-refractivity contribution in [2.24, 2.45) is 0 Å². The Kier molecular flexibility index (Phi) is 4.04. The van der Waals surface area contributed by atoms with Crippen LogP contribution in [0.1, 0.15) is 18.2 Å². The molecule has 2 rings (SSSR count). The van der Waals surface area contributed by atoms with Gasteiger partial charge in [-0.2, -0.15) is 18.3 Å². The fourth-order valence-corrected chi connectivity index (χ4v) is 2.12. The van der Waals surface area contributed by atoms with E-state index in [2.05, 4.69) is 10.4 Å². The summed E-state index contributed by atoms with van der Waals surface area (Å²) in [5.74, 6) is 0.336. The fourth-order valence-electron chi connectivity index (χ4n) is 1.94. The van der Waals surface area contributed by atoms with Gasteiger partial charge < -0.3 is 11.1 Å². The quantitative estimate of drug-likeness (QED) is 0.891. The van der Waals surface area contributed by atoms with E-state index in [0.717, 1.165) is 6.07 Å². The Morgan fingerprint density at radius 2 is 2.05 bits per heavy atom. The summed E-state index contributed by atoms with van der Waals surface area (Å²) in [6, 6.07) is 3.53. The number of nitrogen functional groups attached to an aromatic ring is 1. The summed E-state index contributed by atoms with van der Waals surface area (Å²) in [5.41, 5.74) is 5.77. The second kappa shape index (κ2) is 5.48. The minimum atomic E-state index is -4.52. The lowest BCUT2D eigenvalue weighted by Crippen LogP contribution is -2.11. The minimum absolute atomic E-state index is 0.0148.